The minimum absolute atomic E-state index is 0.000102. The van der Waals surface area contributed by atoms with E-state index in [0.717, 1.165) is 45.0 Å². The average molecular weight is 404 g/mol. The first-order chi connectivity index (χ1) is 13.9. The zero-order valence-corrected chi connectivity index (χ0v) is 16.2. The number of hydrogen-bond acceptors (Lipinski definition) is 4. The molecule has 2 aliphatic heterocycles. The Labute approximate surface area is 166 Å². The summed E-state index contributed by atoms with van der Waals surface area (Å²) in [5, 5.41) is 0. The summed E-state index contributed by atoms with van der Waals surface area (Å²) < 4.78 is 47.6. The van der Waals surface area contributed by atoms with E-state index >= 15 is 0 Å². The molecule has 0 N–H and O–H groups in total. The van der Waals surface area contributed by atoms with Gasteiger partial charge in [0.15, 0.2) is 0 Å². The smallest absolute Gasteiger partial charge is 0.378 e. The average Bonchev–Trinajstić information content (AvgIpc) is 3.49. The van der Waals surface area contributed by atoms with Crippen molar-refractivity contribution in [1.29, 1.82) is 0 Å². The maximum absolute atomic E-state index is 13.3. The van der Waals surface area contributed by atoms with Crippen molar-refractivity contribution in [3.63, 3.8) is 0 Å². The molecular formula is C21H23F3N4O. The molecule has 29 heavy (non-hydrogen) atoms. The van der Waals surface area contributed by atoms with Gasteiger partial charge in [-0.2, -0.15) is 13.2 Å². The summed E-state index contributed by atoms with van der Waals surface area (Å²) in [7, 11) is 0. The zero-order valence-electron chi connectivity index (χ0n) is 16.2. The minimum Gasteiger partial charge on any atom is -0.378 e. The molecule has 0 bridgehead atoms. The summed E-state index contributed by atoms with van der Waals surface area (Å²) in [5.41, 5.74) is 0.376. The fourth-order valence-corrected chi connectivity index (χ4v) is 5.06. The molecule has 6 rings (SSSR count). The van der Waals surface area contributed by atoms with Crippen molar-refractivity contribution in [2.24, 2.45) is 11.8 Å². The summed E-state index contributed by atoms with van der Waals surface area (Å²) in [6.07, 6.45) is 1.31. The molecule has 8 heteroatoms. The standard InChI is InChI=1S/C21H23F3N4O/c1-11-17(21(22,23)24)4-13(5-25-11)18-8-28(20(26-18)12-2-3-12)19-15-6-27(7-16(15)19)14-9-29-10-14/h4-5,8,12,14-16,19H,2-3,6-7,9-10H2,1H3/t15-,16+,19+. The summed E-state index contributed by atoms with van der Waals surface area (Å²) in [5.74, 6) is 2.74. The molecule has 5 nitrogen and oxygen atoms in total. The van der Waals surface area contributed by atoms with Crippen LogP contribution < -0.4 is 0 Å². The molecule has 0 spiro atoms. The first-order valence-corrected chi connectivity index (χ1v) is 10.3. The predicted octanol–water partition coefficient (Wildman–Crippen LogP) is 3.65. The van der Waals surface area contributed by atoms with Crippen molar-refractivity contribution in [3.8, 4) is 11.3 Å². The summed E-state index contributed by atoms with van der Waals surface area (Å²) >= 11 is 0. The number of pyridine rings is 1. The summed E-state index contributed by atoms with van der Waals surface area (Å²) in [4.78, 5) is 11.3. The van der Waals surface area contributed by atoms with Crippen LogP contribution in [0.15, 0.2) is 18.5 Å². The molecule has 0 aromatic carbocycles. The number of hydrogen-bond donors (Lipinski definition) is 0. The van der Waals surface area contributed by atoms with Crippen LogP contribution in [0.5, 0.6) is 0 Å². The molecule has 3 atom stereocenters. The van der Waals surface area contributed by atoms with Crippen LogP contribution in [0.2, 0.25) is 0 Å². The Morgan fingerprint density at radius 2 is 1.86 bits per heavy atom. The molecule has 2 aromatic heterocycles. The van der Waals surface area contributed by atoms with E-state index < -0.39 is 11.7 Å². The maximum Gasteiger partial charge on any atom is 0.418 e. The van der Waals surface area contributed by atoms with Gasteiger partial charge in [0.05, 0.1) is 30.5 Å². The van der Waals surface area contributed by atoms with Crippen molar-refractivity contribution in [1.82, 2.24) is 19.4 Å². The lowest BCUT2D eigenvalue weighted by atomic mass is 10.1. The Hall–Kier alpha value is -1.93. The second-order valence-corrected chi connectivity index (χ2v) is 8.98. The van der Waals surface area contributed by atoms with Gasteiger partial charge < -0.3 is 9.30 Å². The number of halogens is 3. The van der Waals surface area contributed by atoms with Crippen molar-refractivity contribution < 1.29 is 17.9 Å². The van der Waals surface area contributed by atoms with E-state index in [9.17, 15) is 13.2 Å². The molecule has 154 valence electrons. The Kier molecular flexibility index (Phi) is 3.73. The Balaban J connectivity index is 1.29. The van der Waals surface area contributed by atoms with E-state index in [1.165, 1.54) is 19.2 Å². The normalized spacial score (nSPS) is 29.7. The highest BCUT2D eigenvalue weighted by Gasteiger charge is 2.59. The van der Waals surface area contributed by atoms with Crippen LogP contribution in [0.3, 0.4) is 0 Å². The lowest BCUT2D eigenvalue weighted by Crippen LogP contribution is -2.49. The highest BCUT2D eigenvalue weighted by molar-refractivity contribution is 5.59. The van der Waals surface area contributed by atoms with Crippen LogP contribution in [-0.2, 0) is 10.9 Å². The number of imidazole rings is 1. The number of ether oxygens (including phenoxy) is 1. The van der Waals surface area contributed by atoms with Gasteiger partial charge in [-0.15, -0.1) is 0 Å². The van der Waals surface area contributed by atoms with Gasteiger partial charge in [-0.1, -0.05) is 0 Å². The molecule has 0 radical (unpaired) electrons. The van der Waals surface area contributed by atoms with E-state index in [1.807, 2.05) is 6.20 Å². The monoisotopic (exact) mass is 404 g/mol. The third-order valence-electron chi connectivity index (χ3n) is 7.03. The molecule has 0 amide bonds. The summed E-state index contributed by atoms with van der Waals surface area (Å²) in [6.45, 7) is 5.25. The number of nitrogens with zero attached hydrogens (tertiary/aromatic N) is 4. The van der Waals surface area contributed by atoms with Crippen LogP contribution in [0, 0.1) is 18.8 Å². The number of aromatic nitrogens is 3. The van der Waals surface area contributed by atoms with Crippen LogP contribution in [0.4, 0.5) is 13.2 Å². The molecule has 4 aliphatic rings. The van der Waals surface area contributed by atoms with Crippen molar-refractivity contribution in [2.45, 2.75) is 43.9 Å². The van der Waals surface area contributed by atoms with E-state index in [0.29, 0.717) is 41.1 Å². The SMILES string of the molecule is Cc1ncc(-c2cn([C@H]3[C@@H]4CN(C5COC5)C[C@@H]43)c(C3CC3)n2)cc1C(F)(F)F. The largest absolute Gasteiger partial charge is 0.418 e. The predicted molar refractivity (Wildman–Crippen MR) is 99.4 cm³/mol. The van der Waals surface area contributed by atoms with Gasteiger partial charge in [-0.25, -0.2) is 4.98 Å². The quantitative estimate of drug-likeness (QED) is 0.780. The number of aryl methyl sites for hydroxylation is 1. The van der Waals surface area contributed by atoms with E-state index in [1.54, 1.807) is 0 Å². The molecule has 4 fully saturated rings. The highest BCUT2D eigenvalue weighted by atomic mass is 19.4. The Morgan fingerprint density at radius 3 is 2.45 bits per heavy atom. The fourth-order valence-electron chi connectivity index (χ4n) is 5.06. The second kappa shape index (κ2) is 6.04. The van der Waals surface area contributed by atoms with E-state index in [-0.39, 0.29) is 5.69 Å². The Bertz CT molecular complexity index is 951. The fraction of sp³-hybridized carbons (Fsp3) is 0.619. The minimum atomic E-state index is -4.41. The second-order valence-electron chi connectivity index (χ2n) is 8.98. The molecule has 2 aliphatic carbocycles. The van der Waals surface area contributed by atoms with Crippen LogP contribution >= 0.6 is 0 Å². The lowest BCUT2D eigenvalue weighted by Gasteiger charge is -2.36. The third kappa shape index (κ3) is 2.91. The Morgan fingerprint density at radius 1 is 1.14 bits per heavy atom. The molecule has 2 saturated carbocycles. The van der Waals surface area contributed by atoms with Crippen molar-refractivity contribution >= 4 is 0 Å². The van der Waals surface area contributed by atoms with E-state index in [2.05, 4.69) is 14.5 Å². The molecule has 2 aromatic rings. The van der Waals surface area contributed by atoms with Crippen LogP contribution in [0.1, 0.15) is 41.9 Å². The topological polar surface area (TPSA) is 43.2 Å². The van der Waals surface area contributed by atoms with Gasteiger partial charge >= 0.3 is 6.18 Å². The van der Waals surface area contributed by atoms with Crippen LogP contribution in [0.25, 0.3) is 11.3 Å². The highest BCUT2D eigenvalue weighted by Crippen LogP contribution is 2.58. The van der Waals surface area contributed by atoms with Crippen LogP contribution in [-0.4, -0.2) is 51.8 Å². The van der Waals surface area contributed by atoms with Gasteiger partial charge in [0, 0.05) is 48.7 Å². The number of alkyl halides is 3. The lowest BCUT2D eigenvalue weighted by molar-refractivity contribution is -0.138. The molecular weight excluding hydrogens is 381 g/mol. The van der Waals surface area contributed by atoms with Crippen molar-refractivity contribution in [3.05, 3.63) is 35.5 Å². The zero-order chi connectivity index (χ0) is 19.9. The summed E-state index contributed by atoms with van der Waals surface area (Å²) in [6, 6.07) is 2.20. The van der Waals surface area contributed by atoms with Gasteiger partial charge in [-0.05, 0) is 37.7 Å². The molecule has 0 unspecified atom stereocenters. The molecule has 2 saturated heterocycles. The third-order valence-corrected chi connectivity index (χ3v) is 7.03. The number of likely N-dealkylation sites (tertiary alicyclic amines) is 1. The van der Waals surface area contributed by atoms with Gasteiger partial charge in [0.1, 0.15) is 5.82 Å². The maximum atomic E-state index is 13.3. The van der Waals surface area contributed by atoms with Gasteiger partial charge in [-0.3, -0.25) is 9.88 Å². The number of rotatable bonds is 4. The number of fused-ring (bicyclic) bond motifs is 1. The van der Waals surface area contributed by atoms with Crippen molar-refractivity contribution in [2.75, 3.05) is 26.3 Å². The number of piperidine rings is 1. The first-order valence-electron chi connectivity index (χ1n) is 10.3. The van der Waals surface area contributed by atoms with Gasteiger partial charge in [0.25, 0.3) is 0 Å². The molecule has 4 heterocycles. The first kappa shape index (κ1) is 17.9. The van der Waals surface area contributed by atoms with E-state index in [4.69, 9.17) is 9.72 Å². The van der Waals surface area contributed by atoms with Gasteiger partial charge in [0.2, 0.25) is 0 Å².